The number of ether oxygens (including phenoxy) is 2. The largest absolute Gasteiger partial charge is 0.497 e. The average Bonchev–Trinajstić information content (AvgIpc) is 3.04. The number of benzene rings is 2. The molecule has 0 saturated carbocycles. The van der Waals surface area contributed by atoms with E-state index in [9.17, 15) is 4.79 Å². The number of nitrogens with zero attached hydrogens (tertiary/aromatic N) is 1. The molecule has 0 aliphatic carbocycles. The molecule has 0 saturated heterocycles. The Bertz CT molecular complexity index is 888. The van der Waals surface area contributed by atoms with Gasteiger partial charge in [0, 0.05) is 11.6 Å². The molecule has 1 heterocycles. The van der Waals surface area contributed by atoms with Gasteiger partial charge in [-0.1, -0.05) is 18.2 Å². The van der Waals surface area contributed by atoms with E-state index in [-0.39, 0.29) is 11.6 Å². The van der Waals surface area contributed by atoms with Gasteiger partial charge in [-0.25, -0.2) is 4.98 Å². The van der Waals surface area contributed by atoms with Crippen molar-refractivity contribution < 1.29 is 18.7 Å². The minimum absolute atomic E-state index is 0.233. The maximum absolute atomic E-state index is 12.6. The lowest BCUT2D eigenvalue weighted by molar-refractivity contribution is 0.102. The minimum Gasteiger partial charge on any atom is -0.497 e. The molecule has 0 bridgehead atoms. The van der Waals surface area contributed by atoms with Gasteiger partial charge in [-0.3, -0.25) is 4.79 Å². The van der Waals surface area contributed by atoms with Crippen molar-refractivity contribution >= 4 is 11.6 Å². The van der Waals surface area contributed by atoms with Gasteiger partial charge in [-0.05, 0) is 31.2 Å². The van der Waals surface area contributed by atoms with Crippen LogP contribution in [0.3, 0.4) is 0 Å². The molecule has 0 aliphatic rings. The molecule has 3 rings (SSSR count). The van der Waals surface area contributed by atoms with Gasteiger partial charge in [0.05, 0.1) is 19.9 Å². The zero-order valence-electron chi connectivity index (χ0n) is 14.2. The van der Waals surface area contributed by atoms with Gasteiger partial charge in [0.25, 0.3) is 5.91 Å². The molecular weight excluding hydrogens is 320 g/mol. The zero-order valence-corrected chi connectivity index (χ0v) is 14.2. The van der Waals surface area contributed by atoms with Gasteiger partial charge in [0.1, 0.15) is 17.3 Å². The number of anilines is 1. The van der Waals surface area contributed by atoms with E-state index in [0.29, 0.717) is 28.8 Å². The number of rotatable bonds is 5. The van der Waals surface area contributed by atoms with Crippen LogP contribution in [0.2, 0.25) is 0 Å². The molecule has 0 aliphatic heterocycles. The van der Waals surface area contributed by atoms with Gasteiger partial charge >= 0.3 is 0 Å². The fourth-order valence-electron chi connectivity index (χ4n) is 2.39. The Morgan fingerprint density at radius 2 is 1.84 bits per heavy atom. The van der Waals surface area contributed by atoms with Gasteiger partial charge in [-0.2, -0.15) is 0 Å². The van der Waals surface area contributed by atoms with Crippen molar-refractivity contribution in [1.29, 1.82) is 0 Å². The predicted molar refractivity (Wildman–Crippen MR) is 94.2 cm³/mol. The molecule has 0 unspecified atom stereocenters. The number of methoxy groups -OCH3 is 2. The zero-order chi connectivity index (χ0) is 17.8. The first-order valence-electron chi connectivity index (χ1n) is 7.68. The van der Waals surface area contributed by atoms with Crippen molar-refractivity contribution in [3.05, 3.63) is 60.0 Å². The summed E-state index contributed by atoms with van der Waals surface area (Å²) in [6, 6.07) is 14.6. The molecule has 0 atom stereocenters. The van der Waals surface area contributed by atoms with Crippen LogP contribution in [0.5, 0.6) is 11.5 Å². The summed E-state index contributed by atoms with van der Waals surface area (Å²) in [6.07, 6.45) is 0. The van der Waals surface area contributed by atoms with Crippen molar-refractivity contribution in [1.82, 2.24) is 4.98 Å². The number of amides is 1. The second-order valence-electron chi connectivity index (χ2n) is 5.31. The fourth-order valence-corrected chi connectivity index (χ4v) is 2.39. The molecule has 128 valence electrons. The number of carbonyl (C=O) groups excluding carboxylic acids is 1. The fraction of sp³-hybridized carbons (Fsp3) is 0.158. The third-order valence-corrected chi connectivity index (χ3v) is 3.69. The maximum Gasteiger partial charge on any atom is 0.278 e. The number of oxazole rings is 1. The topological polar surface area (TPSA) is 73.6 Å². The lowest BCUT2D eigenvalue weighted by atomic mass is 10.2. The van der Waals surface area contributed by atoms with E-state index >= 15 is 0 Å². The SMILES string of the molecule is COc1ccc(NC(=O)c2nc(-c3ccccc3)oc2C)c(OC)c1. The second-order valence-corrected chi connectivity index (χ2v) is 5.31. The normalized spacial score (nSPS) is 10.4. The molecule has 1 aromatic heterocycles. The van der Waals surface area contributed by atoms with E-state index in [1.807, 2.05) is 30.3 Å². The third kappa shape index (κ3) is 3.47. The molecule has 25 heavy (non-hydrogen) atoms. The summed E-state index contributed by atoms with van der Waals surface area (Å²) in [7, 11) is 3.09. The van der Waals surface area contributed by atoms with E-state index in [1.165, 1.54) is 7.11 Å². The van der Waals surface area contributed by atoms with Gasteiger partial charge in [0.2, 0.25) is 5.89 Å². The lowest BCUT2D eigenvalue weighted by Crippen LogP contribution is -2.14. The van der Waals surface area contributed by atoms with Gasteiger partial charge in [-0.15, -0.1) is 0 Å². The summed E-state index contributed by atoms with van der Waals surface area (Å²) in [5.74, 6) is 1.62. The highest BCUT2D eigenvalue weighted by Crippen LogP contribution is 2.30. The number of hydrogen-bond donors (Lipinski definition) is 1. The number of aromatic nitrogens is 1. The number of hydrogen-bond acceptors (Lipinski definition) is 5. The van der Waals surface area contributed by atoms with E-state index in [2.05, 4.69) is 10.3 Å². The quantitative estimate of drug-likeness (QED) is 0.763. The summed E-state index contributed by atoms with van der Waals surface area (Å²) >= 11 is 0. The standard InChI is InChI=1S/C19H18N2O4/c1-12-17(21-19(25-12)13-7-5-4-6-8-13)18(22)20-15-10-9-14(23-2)11-16(15)24-3/h4-11H,1-3H3,(H,20,22). The van der Waals surface area contributed by atoms with Crippen LogP contribution in [-0.4, -0.2) is 25.1 Å². The molecule has 6 nitrogen and oxygen atoms in total. The number of nitrogens with one attached hydrogen (secondary N) is 1. The van der Waals surface area contributed by atoms with Crippen LogP contribution in [0.25, 0.3) is 11.5 Å². The van der Waals surface area contributed by atoms with Crippen molar-refractivity contribution in [2.75, 3.05) is 19.5 Å². The molecule has 0 fully saturated rings. The van der Waals surface area contributed by atoms with E-state index in [0.717, 1.165) is 5.56 Å². The molecule has 0 radical (unpaired) electrons. The van der Waals surface area contributed by atoms with Crippen molar-refractivity contribution in [2.24, 2.45) is 0 Å². The molecule has 1 N–H and O–H groups in total. The maximum atomic E-state index is 12.6. The van der Waals surface area contributed by atoms with Crippen LogP contribution in [0.15, 0.2) is 52.9 Å². The highest BCUT2D eigenvalue weighted by atomic mass is 16.5. The van der Waals surface area contributed by atoms with E-state index in [4.69, 9.17) is 13.9 Å². The summed E-state index contributed by atoms with van der Waals surface area (Å²) in [4.78, 5) is 16.9. The Kier molecular flexibility index (Phi) is 4.70. The Morgan fingerprint density at radius 1 is 1.08 bits per heavy atom. The Balaban J connectivity index is 1.86. The average molecular weight is 338 g/mol. The summed E-state index contributed by atoms with van der Waals surface area (Å²) in [5, 5.41) is 2.79. The van der Waals surface area contributed by atoms with Crippen LogP contribution < -0.4 is 14.8 Å². The Morgan fingerprint density at radius 3 is 2.52 bits per heavy atom. The smallest absolute Gasteiger partial charge is 0.278 e. The first-order chi connectivity index (χ1) is 12.1. The van der Waals surface area contributed by atoms with Gasteiger partial charge in [0.15, 0.2) is 5.69 Å². The lowest BCUT2D eigenvalue weighted by Gasteiger charge is -2.10. The first-order valence-corrected chi connectivity index (χ1v) is 7.68. The van der Waals surface area contributed by atoms with E-state index in [1.54, 1.807) is 32.2 Å². The highest BCUT2D eigenvalue weighted by Gasteiger charge is 2.19. The number of carbonyl (C=O) groups is 1. The first kappa shape index (κ1) is 16.6. The highest BCUT2D eigenvalue weighted by molar-refractivity contribution is 6.04. The Hall–Kier alpha value is -3.28. The molecule has 3 aromatic rings. The molecule has 6 heteroatoms. The third-order valence-electron chi connectivity index (χ3n) is 3.69. The van der Waals surface area contributed by atoms with Crippen LogP contribution in [0.4, 0.5) is 5.69 Å². The molecule has 1 amide bonds. The molecule has 0 spiro atoms. The predicted octanol–water partition coefficient (Wildman–Crippen LogP) is 3.92. The number of aryl methyl sites for hydroxylation is 1. The second kappa shape index (κ2) is 7.09. The molecule has 2 aromatic carbocycles. The molecular formula is C19H18N2O4. The summed E-state index contributed by atoms with van der Waals surface area (Å²) in [6.45, 7) is 1.71. The summed E-state index contributed by atoms with van der Waals surface area (Å²) < 4.78 is 16.1. The van der Waals surface area contributed by atoms with Crippen molar-refractivity contribution in [3.63, 3.8) is 0 Å². The van der Waals surface area contributed by atoms with Crippen molar-refractivity contribution in [2.45, 2.75) is 6.92 Å². The van der Waals surface area contributed by atoms with E-state index < -0.39 is 0 Å². The Labute approximate surface area is 145 Å². The van der Waals surface area contributed by atoms with Crippen molar-refractivity contribution in [3.8, 4) is 23.0 Å². The summed E-state index contributed by atoms with van der Waals surface area (Å²) in [5.41, 5.74) is 1.57. The van der Waals surface area contributed by atoms with Gasteiger partial charge < -0.3 is 19.2 Å². The van der Waals surface area contributed by atoms with Crippen LogP contribution in [0, 0.1) is 6.92 Å². The van der Waals surface area contributed by atoms with Crippen LogP contribution in [0.1, 0.15) is 16.2 Å². The monoisotopic (exact) mass is 338 g/mol. The van der Waals surface area contributed by atoms with Crippen LogP contribution >= 0.6 is 0 Å². The van der Waals surface area contributed by atoms with Crippen LogP contribution in [-0.2, 0) is 0 Å². The minimum atomic E-state index is -0.369.